The lowest BCUT2D eigenvalue weighted by Crippen LogP contribution is -1.73. The van der Waals surface area contributed by atoms with Gasteiger partial charge in [-0.2, -0.15) is 0 Å². The summed E-state index contributed by atoms with van der Waals surface area (Å²) in [6, 6.07) is 22.0. The largest absolute Gasteiger partial charge is 0.464 e. The van der Waals surface area contributed by atoms with E-state index < -0.39 is 0 Å². The van der Waals surface area contributed by atoms with Crippen molar-refractivity contribution >= 4 is 21.9 Å². The molecule has 0 fully saturated rings. The van der Waals surface area contributed by atoms with Crippen LogP contribution in [0.5, 0.6) is 0 Å². The summed E-state index contributed by atoms with van der Waals surface area (Å²) in [6.07, 6.45) is 3.51. The van der Waals surface area contributed by atoms with E-state index in [2.05, 4.69) is 17.1 Å². The van der Waals surface area contributed by atoms with Crippen LogP contribution in [0.1, 0.15) is 0 Å². The number of benzene rings is 2. The normalized spacial score (nSPS) is 10.1. The summed E-state index contributed by atoms with van der Waals surface area (Å²) in [5.41, 5.74) is 2.02. The molecule has 2 heterocycles. The van der Waals surface area contributed by atoms with Crippen LogP contribution in [-0.4, -0.2) is 4.98 Å². The summed E-state index contributed by atoms with van der Waals surface area (Å²) in [6.45, 7) is 0. The summed E-state index contributed by atoms with van der Waals surface area (Å²) in [5, 5.41) is 2.36. The van der Waals surface area contributed by atoms with E-state index in [4.69, 9.17) is 4.42 Å². The summed E-state index contributed by atoms with van der Waals surface area (Å²) < 4.78 is 5.12. The first-order valence-electron chi connectivity index (χ1n) is 6.15. The molecular formula is C17H13NO. The molecule has 0 spiro atoms. The zero-order chi connectivity index (χ0) is 12.9. The van der Waals surface area contributed by atoms with Gasteiger partial charge in [-0.15, -0.1) is 0 Å². The number of rotatable bonds is 0. The summed E-state index contributed by atoms with van der Waals surface area (Å²) >= 11 is 0. The molecular weight excluding hydrogens is 234 g/mol. The van der Waals surface area contributed by atoms with Gasteiger partial charge in [0.2, 0.25) is 0 Å². The third-order valence-electron chi connectivity index (χ3n) is 2.87. The molecule has 2 nitrogen and oxygen atoms in total. The average molecular weight is 247 g/mol. The molecule has 0 amide bonds. The van der Waals surface area contributed by atoms with E-state index in [1.807, 2.05) is 60.8 Å². The van der Waals surface area contributed by atoms with Gasteiger partial charge >= 0.3 is 0 Å². The maximum Gasteiger partial charge on any atom is 0.133 e. The molecule has 2 aromatic carbocycles. The molecule has 0 aliphatic carbocycles. The van der Waals surface area contributed by atoms with Crippen LogP contribution < -0.4 is 0 Å². The van der Waals surface area contributed by atoms with Gasteiger partial charge in [-0.05, 0) is 24.3 Å². The van der Waals surface area contributed by atoms with E-state index >= 15 is 0 Å². The van der Waals surface area contributed by atoms with Gasteiger partial charge in [0.15, 0.2) is 0 Å². The van der Waals surface area contributed by atoms with Gasteiger partial charge in [0.1, 0.15) is 5.58 Å². The predicted octanol–water partition coefficient (Wildman–Crippen LogP) is 4.67. The molecule has 2 aromatic heterocycles. The van der Waals surface area contributed by atoms with Crippen molar-refractivity contribution in [3.8, 4) is 0 Å². The lowest BCUT2D eigenvalue weighted by molar-refractivity contribution is 0.616. The Labute approximate surface area is 111 Å². The highest BCUT2D eigenvalue weighted by Gasteiger charge is 1.89. The second-order valence-corrected chi connectivity index (χ2v) is 4.15. The van der Waals surface area contributed by atoms with Crippen LogP contribution in [0.25, 0.3) is 21.9 Å². The van der Waals surface area contributed by atoms with Crippen LogP contribution >= 0.6 is 0 Å². The number of para-hydroxylation sites is 2. The third kappa shape index (κ3) is 2.63. The zero-order valence-corrected chi connectivity index (χ0v) is 10.4. The lowest BCUT2D eigenvalue weighted by Gasteiger charge is -1.91. The minimum atomic E-state index is 0.956. The molecule has 0 saturated heterocycles. The Morgan fingerprint density at radius 1 is 0.684 bits per heavy atom. The minimum Gasteiger partial charge on any atom is -0.464 e. The molecule has 2 heteroatoms. The number of pyridine rings is 1. The number of fused-ring (bicyclic) bond motifs is 2. The van der Waals surface area contributed by atoms with Crippen molar-refractivity contribution in [3.63, 3.8) is 0 Å². The standard InChI is InChI=1S/C9H7N.C8H6O/c1-2-6-9-8(4-1)5-3-7-10-9;1-2-4-8-7(3-1)5-6-9-8/h1-7H;1-6H. The first kappa shape index (κ1) is 11.5. The molecule has 0 atom stereocenters. The van der Waals surface area contributed by atoms with Crippen LogP contribution in [0, 0.1) is 0 Å². The van der Waals surface area contributed by atoms with Crippen molar-refractivity contribution in [2.45, 2.75) is 0 Å². The average Bonchev–Trinajstić information content (AvgIpc) is 2.96. The van der Waals surface area contributed by atoms with Crippen molar-refractivity contribution in [1.82, 2.24) is 4.98 Å². The number of nitrogens with zero attached hydrogens (tertiary/aromatic N) is 1. The monoisotopic (exact) mass is 247 g/mol. The van der Waals surface area contributed by atoms with Crippen LogP contribution in [0.3, 0.4) is 0 Å². The van der Waals surface area contributed by atoms with Gasteiger partial charge in [0.05, 0.1) is 11.8 Å². The van der Waals surface area contributed by atoms with E-state index in [9.17, 15) is 0 Å². The Hall–Kier alpha value is -2.61. The van der Waals surface area contributed by atoms with Gasteiger partial charge < -0.3 is 4.42 Å². The quantitative estimate of drug-likeness (QED) is 0.451. The number of furan rings is 1. The third-order valence-corrected chi connectivity index (χ3v) is 2.87. The van der Waals surface area contributed by atoms with Gasteiger partial charge in [0.25, 0.3) is 0 Å². The molecule has 0 bridgehead atoms. The van der Waals surface area contributed by atoms with Crippen LogP contribution in [0.4, 0.5) is 0 Å². The van der Waals surface area contributed by atoms with Crippen molar-refractivity contribution in [2.24, 2.45) is 0 Å². The molecule has 4 aromatic rings. The van der Waals surface area contributed by atoms with Crippen molar-refractivity contribution in [2.75, 3.05) is 0 Å². The first-order chi connectivity index (χ1) is 9.43. The minimum absolute atomic E-state index is 0.956. The molecule has 0 aliphatic rings. The summed E-state index contributed by atoms with van der Waals surface area (Å²) in [7, 11) is 0. The fraction of sp³-hybridized carbons (Fsp3) is 0. The Morgan fingerprint density at radius 3 is 2.26 bits per heavy atom. The van der Waals surface area contributed by atoms with Gasteiger partial charge in [-0.25, -0.2) is 0 Å². The topological polar surface area (TPSA) is 26.0 Å². The summed E-state index contributed by atoms with van der Waals surface area (Å²) in [5.74, 6) is 0. The molecule has 0 radical (unpaired) electrons. The van der Waals surface area contributed by atoms with Crippen LogP contribution in [0.15, 0.2) is 83.6 Å². The van der Waals surface area contributed by atoms with Crippen molar-refractivity contribution in [3.05, 3.63) is 79.2 Å². The smallest absolute Gasteiger partial charge is 0.133 e. The Kier molecular flexibility index (Phi) is 3.24. The predicted molar refractivity (Wildman–Crippen MR) is 78.0 cm³/mol. The Balaban J connectivity index is 0.000000117. The van der Waals surface area contributed by atoms with Gasteiger partial charge in [-0.3, -0.25) is 4.98 Å². The lowest BCUT2D eigenvalue weighted by atomic mass is 10.2. The van der Waals surface area contributed by atoms with Crippen LogP contribution in [0.2, 0.25) is 0 Å². The number of hydrogen-bond acceptors (Lipinski definition) is 2. The Bertz CT molecular complexity index is 693. The highest BCUT2D eigenvalue weighted by Crippen LogP contribution is 2.12. The molecule has 0 saturated carbocycles. The second kappa shape index (κ2) is 5.36. The maximum absolute atomic E-state index is 5.12. The van der Waals surface area contributed by atoms with E-state index in [0.717, 1.165) is 16.5 Å². The molecule has 0 unspecified atom stereocenters. The molecule has 4 rings (SSSR count). The van der Waals surface area contributed by atoms with E-state index in [-0.39, 0.29) is 0 Å². The van der Waals surface area contributed by atoms with Gasteiger partial charge in [-0.1, -0.05) is 42.5 Å². The Morgan fingerprint density at radius 2 is 1.42 bits per heavy atom. The van der Waals surface area contributed by atoms with E-state index in [0.29, 0.717) is 0 Å². The van der Waals surface area contributed by atoms with Crippen LogP contribution in [-0.2, 0) is 0 Å². The molecule has 0 aliphatic heterocycles. The zero-order valence-electron chi connectivity index (χ0n) is 10.4. The highest BCUT2D eigenvalue weighted by atomic mass is 16.3. The maximum atomic E-state index is 5.12. The fourth-order valence-corrected chi connectivity index (χ4v) is 1.92. The molecule has 92 valence electrons. The fourth-order valence-electron chi connectivity index (χ4n) is 1.92. The number of hydrogen-bond donors (Lipinski definition) is 0. The van der Waals surface area contributed by atoms with Gasteiger partial charge in [0, 0.05) is 17.0 Å². The molecule has 19 heavy (non-hydrogen) atoms. The van der Waals surface area contributed by atoms with Crippen molar-refractivity contribution in [1.29, 1.82) is 0 Å². The second-order valence-electron chi connectivity index (χ2n) is 4.15. The van der Waals surface area contributed by atoms with Crippen molar-refractivity contribution < 1.29 is 4.42 Å². The van der Waals surface area contributed by atoms with E-state index in [1.165, 1.54) is 5.39 Å². The summed E-state index contributed by atoms with van der Waals surface area (Å²) in [4.78, 5) is 4.18. The first-order valence-corrected chi connectivity index (χ1v) is 6.15. The SMILES string of the molecule is c1ccc2ncccc2c1.c1ccc2occc2c1. The van der Waals surface area contributed by atoms with E-state index in [1.54, 1.807) is 6.26 Å². The molecule has 0 N–H and O–H groups in total. The number of aromatic nitrogens is 1. The highest BCUT2D eigenvalue weighted by molar-refractivity contribution is 5.77.